The molecule has 0 saturated carbocycles. The topological polar surface area (TPSA) is 356 Å². The van der Waals surface area contributed by atoms with Crippen LogP contribution in [0.5, 0.6) is 5.75 Å². The summed E-state index contributed by atoms with van der Waals surface area (Å²) in [7, 11) is -22.3. The molecule has 0 radical (unpaired) electrons. The number of azo groups is 1. The molecule has 318 valence electrons. The smallest absolute Gasteiger partial charge is 0.296 e. The molecule has 1 aromatic heterocycles. The number of hydrogen-bond acceptors (Lipinski definition) is 19. The van der Waals surface area contributed by atoms with Crippen LogP contribution in [0.4, 0.5) is 23.0 Å². The molecule has 22 nitrogen and oxygen atoms in total. The number of methoxy groups -OCH3 is 1. The van der Waals surface area contributed by atoms with Crippen LogP contribution in [0.1, 0.15) is 31.2 Å². The molecule has 0 saturated heterocycles. The molecule has 0 atom stereocenters. The number of nitrogens with one attached hydrogen (secondary N) is 1. The molecule has 58 heavy (non-hydrogen) atoms. The molecule has 0 aliphatic carbocycles. The summed E-state index contributed by atoms with van der Waals surface area (Å²) in [6.45, 7) is 1.57. The van der Waals surface area contributed by atoms with E-state index in [-0.39, 0.29) is 46.2 Å². The fourth-order valence-corrected chi connectivity index (χ4v) is 9.72. The van der Waals surface area contributed by atoms with Crippen molar-refractivity contribution in [2.45, 2.75) is 57.6 Å². The lowest BCUT2D eigenvalue weighted by Crippen LogP contribution is -2.05. The Morgan fingerprint density at radius 2 is 1.17 bits per heavy atom. The summed E-state index contributed by atoms with van der Waals surface area (Å²) in [5.74, 6) is 0.0620. The van der Waals surface area contributed by atoms with E-state index in [1.54, 1.807) is 6.92 Å². The van der Waals surface area contributed by atoms with Crippen molar-refractivity contribution in [3.05, 3.63) is 42.0 Å². The van der Waals surface area contributed by atoms with Gasteiger partial charge in [-0.05, 0) is 73.9 Å². The predicted octanol–water partition coefficient (Wildman–Crippen LogP) is 4.76. The number of ether oxygens (including phenoxy) is 1. The number of fused-ring (bicyclic) bond motifs is 1. The van der Waals surface area contributed by atoms with Crippen molar-refractivity contribution in [3.8, 4) is 5.75 Å². The number of aromatic nitrogens is 3. The van der Waals surface area contributed by atoms with Gasteiger partial charge >= 0.3 is 0 Å². The number of anilines is 2. The molecule has 4 rings (SSSR count). The summed E-state index contributed by atoms with van der Waals surface area (Å²) in [6, 6.07) is 5.55. The minimum atomic E-state index is -5.18. The number of unbranched alkanes of at least 4 members (excludes halogenated alkanes) is 2. The van der Waals surface area contributed by atoms with E-state index in [4.69, 9.17) is 13.8 Å². The summed E-state index contributed by atoms with van der Waals surface area (Å²) in [5, 5.41) is 10.6. The van der Waals surface area contributed by atoms with Crippen LogP contribution in [0.3, 0.4) is 0 Å². The van der Waals surface area contributed by atoms with Gasteiger partial charge in [0.15, 0.2) is 10.3 Å². The minimum Gasteiger partial charge on any atom is -0.494 e. The van der Waals surface area contributed by atoms with E-state index in [9.17, 15) is 55.7 Å². The van der Waals surface area contributed by atoms with Crippen molar-refractivity contribution in [2.24, 2.45) is 10.2 Å². The SMILES string of the molecule is COc1cc(N=Nc2cc3c(S(=O)(=O)O)cc(S(=O)(=O)O)cc3cc2S(=O)(=O)O)c(C)cc1Nc1nc(SCCCCS(=O)(=O)O)nc(SCCCCS(=O)(=O)O)n1. The largest absolute Gasteiger partial charge is 0.494 e. The molecule has 0 aliphatic rings. The average molecular weight is 947 g/mol. The zero-order valence-corrected chi connectivity index (χ0v) is 35.7. The second-order valence-corrected chi connectivity index (χ2v) is 21.4. The van der Waals surface area contributed by atoms with E-state index in [0.29, 0.717) is 48.1 Å². The minimum absolute atomic E-state index is 0.0312. The highest BCUT2D eigenvalue weighted by Gasteiger charge is 2.25. The monoisotopic (exact) mass is 946 g/mol. The first-order valence-electron chi connectivity index (χ1n) is 16.1. The summed E-state index contributed by atoms with van der Waals surface area (Å²) >= 11 is 2.35. The van der Waals surface area contributed by atoms with E-state index < -0.39 is 93.2 Å². The van der Waals surface area contributed by atoms with Crippen molar-refractivity contribution in [1.82, 2.24) is 15.0 Å². The van der Waals surface area contributed by atoms with E-state index in [1.807, 2.05) is 0 Å². The second kappa shape index (κ2) is 18.8. The van der Waals surface area contributed by atoms with Crippen molar-refractivity contribution < 1.29 is 69.6 Å². The van der Waals surface area contributed by atoms with Gasteiger partial charge in [-0.1, -0.05) is 23.5 Å². The summed E-state index contributed by atoms with van der Waals surface area (Å²) in [6.07, 6.45) is 1.14. The molecule has 0 spiro atoms. The van der Waals surface area contributed by atoms with Crippen LogP contribution < -0.4 is 10.1 Å². The van der Waals surface area contributed by atoms with Crippen LogP contribution in [0.15, 0.2) is 71.6 Å². The second-order valence-electron chi connectivity index (χ2n) is 12.0. The number of nitrogens with zero attached hydrogens (tertiary/aromatic N) is 5. The number of aryl methyl sites for hydroxylation is 1. The third-order valence-corrected chi connectivity index (χ3v) is 13.6. The Morgan fingerprint density at radius 3 is 1.66 bits per heavy atom. The lowest BCUT2D eigenvalue weighted by atomic mass is 10.1. The van der Waals surface area contributed by atoms with Crippen molar-refractivity contribution >= 4 is 108 Å². The van der Waals surface area contributed by atoms with Crippen molar-refractivity contribution in [1.29, 1.82) is 0 Å². The Kier molecular flexibility index (Phi) is 15.2. The number of benzene rings is 3. The molecule has 0 fully saturated rings. The first-order valence-corrected chi connectivity index (χ1v) is 25.6. The fraction of sp³-hybridized carbons (Fsp3) is 0.345. The van der Waals surface area contributed by atoms with Gasteiger partial charge in [-0.2, -0.15) is 62.2 Å². The maximum absolute atomic E-state index is 12.4. The Balaban J connectivity index is 1.69. The van der Waals surface area contributed by atoms with Gasteiger partial charge in [0.25, 0.3) is 50.6 Å². The molecule has 1 heterocycles. The molecular formula is C29H34N6O16S7. The van der Waals surface area contributed by atoms with E-state index >= 15 is 0 Å². The van der Waals surface area contributed by atoms with Crippen molar-refractivity contribution in [3.63, 3.8) is 0 Å². The highest BCUT2D eigenvalue weighted by Crippen LogP contribution is 2.39. The zero-order chi connectivity index (χ0) is 43.3. The lowest BCUT2D eigenvalue weighted by Gasteiger charge is -2.14. The Morgan fingerprint density at radius 1 is 0.638 bits per heavy atom. The number of thioether (sulfide) groups is 2. The van der Waals surface area contributed by atoms with Gasteiger partial charge < -0.3 is 10.1 Å². The van der Waals surface area contributed by atoms with Gasteiger partial charge in [-0.15, -0.1) is 5.11 Å². The normalized spacial score (nSPS) is 13.0. The molecule has 0 bridgehead atoms. The highest BCUT2D eigenvalue weighted by atomic mass is 32.2. The fourth-order valence-electron chi connectivity index (χ4n) is 4.87. The van der Waals surface area contributed by atoms with Crippen LogP contribution in [0.25, 0.3) is 10.8 Å². The first kappa shape index (κ1) is 47.1. The Hall–Kier alpha value is -3.62. The standard InChI is InChI=1S/C29H34N6O16S7/c1-17-11-22(30-27-31-28(52-7-3-5-9-54(36,37)38)33-29(32-27)53-8-4-6-10-55(39,40)41)24(51-2)16-21(17)34-35-23-15-20-18(13-26(23)58(48,49)50)12-19(56(42,43)44)14-25(20)57(45,46)47/h11-16H,3-10H2,1-2H3,(H,36,37,38)(H,39,40,41)(H,42,43,44)(H,45,46,47)(H,48,49,50)(H,30,31,32,33). The van der Waals surface area contributed by atoms with Crippen LogP contribution in [-0.4, -0.2) is 110 Å². The van der Waals surface area contributed by atoms with E-state index in [2.05, 4.69) is 30.5 Å². The molecule has 3 aromatic carbocycles. The summed E-state index contributed by atoms with van der Waals surface area (Å²) < 4.78 is 170. The van der Waals surface area contributed by atoms with Gasteiger partial charge in [-0.3, -0.25) is 22.8 Å². The molecule has 4 aromatic rings. The quantitative estimate of drug-likeness (QED) is 0.0301. The van der Waals surface area contributed by atoms with E-state index in [0.717, 1.165) is 6.07 Å². The molecule has 0 unspecified atom stereocenters. The van der Waals surface area contributed by atoms with Gasteiger partial charge in [-0.25, -0.2) is 0 Å². The molecule has 6 N–H and O–H groups in total. The summed E-state index contributed by atoms with van der Waals surface area (Å²) in [4.78, 5) is 10.2. The lowest BCUT2D eigenvalue weighted by molar-refractivity contribution is 0.417. The van der Waals surface area contributed by atoms with Gasteiger partial charge in [0.2, 0.25) is 5.95 Å². The summed E-state index contributed by atoms with van der Waals surface area (Å²) in [5.41, 5.74) is 0.110. The Bertz CT molecular complexity index is 2740. The highest BCUT2D eigenvalue weighted by molar-refractivity contribution is 7.99. The molecule has 0 amide bonds. The third-order valence-electron chi connectivity index (χ3n) is 7.50. The zero-order valence-electron chi connectivity index (χ0n) is 29.9. The molecular weight excluding hydrogens is 913 g/mol. The predicted molar refractivity (Wildman–Crippen MR) is 211 cm³/mol. The maximum Gasteiger partial charge on any atom is 0.296 e. The number of hydrogen-bond donors (Lipinski definition) is 6. The van der Waals surface area contributed by atoms with Crippen LogP contribution in [0, 0.1) is 6.92 Å². The van der Waals surface area contributed by atoms with E-state index in [1.165, 1.54) is 42.8 Å². The maximum atomic E-state index is 12.4. The first-order chi connectivity index (χ1) is 26.7. The van der Waals surface area contributed by atoms with Crippen molar-refractivity contribution in [2.75, 3.05) is 35.4 Å². The number of rotatable bonds is 20. The van der Waals surface area contributed by atoms with Gasteiger partial charge in [0, 0.05) is 23.0 Å². The van der Waals surface area contributed by atoms with Gasteiger partial charge in [0.05, 0.1) is 34.9 Å². The molecule has 0 aliphatic heterocycles. The van der Waals surface area contributed by atoms with Gasteiger partial charge in [0.1, 0.15) is 21.2 Å². The van der Waals surface area contributed by atoms with Crippen LogP contribution in [-0.2, 0) is 50.6 Å². The van der Waals surface area contributed by atoms with Crippen LogP contribution in [0.2, 0.25) is 0 Å². The third kappa shape index (κ3) is 14.0. The van der Waals surface area contributed by atoms with Crippen LogP contribution >= 0.6 is 23.5 Å². The average Bonchev–Trinajstić information content (AvgIpc) is 3.08. The molecule has 29 heteroatoms. The Labute approximate surface area is 341 Å².